The Kier molecular flexibility index (Phi) is 3.77. The third kappa shape index (κ3) is 3.24. The maximum Gasteiger partial charge on any atom is 0.265 e. The molecule has 0 fully saturated rings. The van der Waals surface area contributed by atoms with Crippen LogP contribution in [0, 0.1) is 6.92 Å². The summed E-state index contributed by atoms with van der Waals surface area (Å²) in [5.74, 6) is -0.0386. The quantitative estimate of drug-likeness (QED) is 0.898. The van der Waals surface area contributed by atoms with Gasteiger partial charge in [0, 0.05) is 16.4 Å². The second-order valence-corrected chi connectivity index (χ2v) is 6.58. The summed E-state index contributed by atoms with van der Waals surface area (Å²) in [5.41, 5.74) is 7.05. The first-order chi connectivity index (χ1) is 8.88. The molecule has 19 heavy (non-hydrogen) atoms. The number of nitrogens with zero attached hydrogens (tertiary/aromatic N) is 1. The van der Waals surface area contributed by atoms with Crippen LogP contribution in [-0.2, 0) is 10.0 Å². The fourth-order valence-electron chi connectivity index (χ4n) is 1.57. The van der Waals surface area contributed by atoms with Crippen LogP contribution in [0.5, 0.6) is 0 Å². The fraction of sp³-hybridized carbons (Fsp3) is 0.0833. The molecule has 7 heteroatoms. The van der Waals surface area contributed by atoms with E-state index in [9.17, 15) is 8.42 Å². The number of aromatic nitrogens is 1. The summed E-state index contributed by atoms with van der Waals surface area (Å²) in [6.07, 6.45) is 1.45. The molecule has 0 aliphatic rings. The van der Waals surface area contributed by atoms with Crippen LogP contribution in [0.4, 0.5) is 11.5 Å². The van der Waals surface area contributed by atoms with Crippen molar-refractivity contribution >= 4 is 37.5 Å². The number of sulfonamides is 1. The van der Waals surface area contributed by atoms with Crippen molar-refractivity contribution in [1.29, 1.82) is 0 Å². The van der Waals surface area contributed by atoms with Crippen LogP contribution < -0.4 is 10.5 Å². The van der Waals surface area contributed by atoms with Crippen LogP contribution in [0.15, 0.2) is 45.9 Å². The highest BCUT2D eigenvalue weighted by Crippen LogP contribution is 2.23. The van der Waals surface area contributed by atoms with Crippen LogP contribution in [-0.4, -0.2) is 13.4 Å². The molecule has 2 aromatic rings. The van der Waals surface area contributed by atoms with E-state index in [1.807, 2.05) is 13.0 Å². The van der Waals surface area contributed by atoms with E-state index >= 15 is 0 Å². The molecule has 0 spiro atoms. The second kappa shape index (κ2) is 5.18. The summed E-state index contributed by atoms with van der Waals surface area (Å²) >= 11 is 3.18. The molecular weight excluding hydrogens is 330 g/mol. The fourth-order valence-corrected chi connectivity index (χ4v) is 3.21. The number of nitrogen functional groups attached to an aromatic ring is 1. The van der Waals surface area contributed by atoms with Crippen LogP contribution in [0.2, 0.25) is 0 Å². The van der Waals surface area contributed by atoms with Gasteiger partial charge in [-0.15, -0.1) is 0 Å². The summed E-state index contributed by atoms with van der Waals surface area (Å²) in [4.78, 5) is 3.76. The van der Waals surface area contributed by atoms with Gasteiger partial charge in [-0.05, 0) is 46.6 Å². The lowest BCUT2D eigenvalue weighted by Crippen LogP contribution is -2.15. The molecule has 0 atom stereocenters. The molecule has 0 unspecified atom stereocenters. The molecule has 0 saturated carbocycles. The highest BCUT2D eigenvalue weighted by atomic mass is 79.9. The topological polar surface area (TPSA) is 85.1 Å². The number of aryl methyl sites for hydroxylation is 1. The van der Waals surface area contributed by atoms with E-state index in [4.69, 9.17) is 5.73 Å². The van der Waals surface area contributed by atoms with E-state index in [-0.39, 0.29) is 10.7 Å². The van der Waals surface area contributed by atoms with E-state index in [1.54, 1.807) is 18.2 Å². The molecule has 1 aromatic carbocycles. The summed E-state index contributed by atoms with van der Waals surface area (Å²) in [6.45, 7) is 1.88. The average Bonchev–Trinajstić information content (AvgIpc) is 2.31. The van der Waals surface area contributed by atoms with Crippen LogP contribution in [0.1, 0.15) is 5.56 Å². The molecule has 0 radical (unpaired) electrons. The Morgan fingerprint density at radius 1 is 1.32 bits per heavy atom. The largest absolute Gasteiger partial charge is 0.383 e. The van der Waals surface area contributed by atoms with E-state index in [0.717, 1.165) is 5.56 Å². The van der Waals surface area contributed by atoms with Gasteiger partial charge in [-0.25, -0.2) is 13.4 Å². The van der Waals surface area contributed by atoms with Crippen molar-refractivity contribution in [1.82, 2.24) is 4.98 Å². The second-order valence-electron chi connectivity index (χ2n) is 4.01. The molecule has 2 rings (SSSR count). The summed E-state index contributed by atoms with van der Waals surface area (Å²) in [5, 5.41) is 0. The number of rotatable bonds is 3. The minimum atomic E-state index is -3.75. The number of benzene rings is 1. The van der Waals surface area contributed by atoms with Gasteiger partial charge in [0.25, 0.3) is 10.0 Å². The van der Waals surface area contributed by atoms with Crippen LogP contribution >= 0.6 is 15.9 Å². The smallest absolute Gasteiger partial charge is 0.265 e. The summed E-state index contributed by atoms with van der Waals surface area (Å²) < 4.78 is 27.5. The van der Waals surface area contributed by atoms with Crippen molar-refractivity contribution in [3.8, 4) is 0 Å². The van der Waals surface area contributed by atoms with Crippen molar-refractivity contribution in [2.45, 2.75) is 11.8 Å². The lowest BCUT2D eigenvalue weighted by Gasteiger charge is -2.10. The summed E-state index contributed by atoms with van der Waals surface area (Å²) in [6, 6.07) is 8.48. The van der Waals surface area contributed by atoms with Crippen molar-refractivity contribution in [3.63, 3.8) is 0 Å². The van der Waals surface area contributed by atoms with Gasteiger partial charge in [-0.3, -0.25) is 4.72 Å². The standard InChI is InChI=1S/C12H12BrN3O2S/c1-8-3-2-4-10(5-8)16-19(17,18)11-6-9(13)7-15-12(11)14/h2-7,16H,1H3,(H2,14,15). The van der Waals surface area contributed by atoms with Crippen molar-refractivity contribution in [2.75, 3.05) is 10.5 Å². The Bertz CT molecular complexity index is 717. The first-order valence-electron chi connectivity index (χ1n) is 5.39. The van der Waals surface area contributed by atoms with E-state index in [1.165, 1.54) is 12.3 Å². The van der Waals surface area contributed by atoms with Gasteiger partial charge in [0.05, 0.1) is 0 Å². The predicted octanol–water partition coefficient (Wildman–Crippen LogP) is 2.54. The Morgan fingerprint density at radius 3 is 2.74 bits per heavy atom. The van der Waals surface area contributed by atoms with Crippen molar-refractivity contribution in [2.24, 2.45) is 0 Å². The number of halogens is 1. The summed E-state index contributed by atoms with van der Waals surface area (Å²) in [7, 11) is -3.75. The normalized spacial score (nSPS) is 11.3. The lowest BCUT2D eigenvalue weighted by atomic mass is 10.2. The molecule has 1 aromatic heterocycles. The molecule has 0 saturated heterocycles. The van der Waals surface area contributed by atoms with Gasteiger partial charge in [0.2, 0.25) is 0 Å². The maximum atomic E-state index is 12.2. The van der Waals surface area contributed by atoms with E-state index < -0.39 is 10.0 Å². The number of hydrogen-bond acceptors (Lipinski definition) is 4. The number of anilines is 2. The average molecular weight is 342 g/mol. The lowest BCUT2D eigenvalue weighted by molar-refractivity contribution is 0.601. The Labute approximate surface area is 120 Å². The monoisotopic (exact) mass is 341 g/mol. The minimum Gasteiger partial charge on any atom is -0.383 e. The molecule has 1 heterocycles. The van der Waals surface area contributed by atoms with Gasteiger partial charge in [0.1, 0.15) is 10.7 Å². The number of nitrogens with one attached hydrogen (secondary N) is 1. The zero-order valence-electron chi connectivity index (χ0n) is 10.1. The van der Waals surface area contributed by atoms with Crippen molar-refractivity contribution in [3.05, 3.63) is 46.6 Å². The Morgan fingerprint density at radius 2 is 2.05 bits per heavy atom. The van der Waals surface area contributed by atoms with Crippen molar-refractivity contribution < 1.29 is 8.42 Å². The zero-order chi connectivity index (χ0) is 14.0. The molecule has 5 nitrogen and oxygen atoms in total. The van der Waals surface area contributed by atoms with Crippen LogP contribution in [0.25, 0.3) is 0 Å². The molecule has 0 aliphatic carbocycles. The Hall–Kier alpha value is -1.60. The SMILES string of the molecule is Cc1cccc(NS(=O)(=O)c2cc(Br)cnc2N)c1. The van der Waals surface area contributed by atoms with E-state index in [2.05, 4.69) is 25.6 Å². The molecule has 3 N–H and O–H groups in total. The van der Waals surface area contributed by atoms with Crippen LogP contribution in [0.3, 0.4) is 0 Å². The highest BCUT2D eigenvalue weighted by Gasteiger charge is 2.19. The first-order valence-corrected chi connectivity index (χ1v) is 7.66. The number of hydrogen-bond donors (Lipinski definition) is 2. The molecule has 0 bridgehead atoms. The van der Waals surface area contributed by atoms with Gasteiger partial charge < -0.3 is 5.73 Å². The molecular formula is C12H12BrN3O2S. The predicted molar refractivity (Wildman–Crippen MR) is 78.3 cm³/mol. The number of pyridine rings is 1. The van der Waals surface area contributed by atoms with Gasteiger partial charge >= 0.3 is 0 Å². The third-order valence-electron chi connectivity index (χ3n) is 2.41. The third-order valence-corrected chi connectivity index (χ3v) is 4.25. The van der Waals surface area contributed by atoms with Gasteiger partial charge in [0.15, 0.2) is 0 Å². The highest BCUT2D eigenvalue weighted by molar-refractivity contribution is 9.10. The minimum absolute atomic E-state index is 0.0386. The molecule has 0 amide bonds. The maximum absolute atomic E-state index is 12.2. The van der Waals surface area contributed by atoms with Gasteiger partial charge in [-0.1, -0.05) is 12.1 Å². The number of nitrogens with two attached hydrogens (primary N) is 1. The molecule has 100 valence electrons. The zero-order valence-corrected chi connectivity index (χ0v) is 12.5. The molecule has 0 aliphatic heterocycles. The van der Waals surface area contributed by atoms with E-state index in [0.29, 0.717) is 10.2 Å². The Balaban J connectivity index is 2.40. The first kappa shape index (κ1) is 13.8. The van der Waals surface area contributed by atoms with Gasteiger partial charge in [-0.2, -0.15) is 0 Å².